The van der Waals surface area contributed by atoms with Crippen LogP contribution in [0.3, 0.4) is 0 Å². The van der Waals surface area contributed by atoms with E-state index >= 15 is 0 Å². The van der Waals surface area contributed by atoms with E-state index in [9.17, 15) is 13.2 Å². The molecule has 1 aromatic carbocycles. The van der Waals surface area contributed by atoms with Gasteiger partial charge in [0.1, 0.15) is 5.56 Å². The minimum Gasteiger partial charge on any atom is -0.412 e. The molecule has 0 aliphatic heterocycles. The second-order valence-corrected chi connectivity index (χ2v) is 3.19. The van der Waals surface area contributed by atoms with Crippen LogP contribution in [0.25, 0.3) is 0 Å². The SMILES string of the molecule is O.O[NH2+]c1cccc(Br)c1C(F)(F)F. The summed E-state index contributed by atoms with van der Waals surface area (Å²) < 4.78 is 36.9. The van der Waals surface area contributed by atoms with E-state index in [0.29, 0.717) is 5.48 Å². The Morgan fingerprint density at radius 1 is 1.29 bits per heavy atom. The molecule has 0 amide bonds. The number of quaternary nitrogens is 1. The standard InChI is InChI=1S/C7H5BrF3NO.H2O/c8-4-2-1-3-5(12-13)6(4)7(9,10)11;/h1-3,12-13H;1H2/p+1. The van der Waals surface area contributed by atoms with E-state index < -0.39 is 11.7 Å². The highest BCUT2D eigenvalue weighted by atomic mass is 79.9. The van der Waals surface area contributed by atoms with E-state index in [0.717, 1.165) is 0 Å². The summed E-state index contributed by atoms with van der Waals surface area (Å²) in [5.41, 5.74) is -0.674. The number of benzene rings is 1. The van der Waals surface area contributed by atoms with Crippen LogP contribution in [-0.2, 0) is 6.18 Å². The first-order valence-corrected chi connectivity index (χ1v) is 4.09. The summed E-state index contributed by atoms with van der Waals surface area (Å²) in [5.74, 6) is 0. The van der Waals surface area contributed by atoms with Crippen molar-refractivity contribution in [2.75, 3.05) is 0 Å². The van der Waals surface area contributed by atoms with Crippen LogP contribution in [0.1, 0.15) is 5.56 Å². The van der Waals surface area contributed by atoms with Crippen molar-refractivity contribution in [2.24, 2.45) is 0 Å². The van der Waals surface area contributed by atoms with Gasteiger partial charge in [-0.2, -0.15) is 18.7 Å². The molecule has 0 fully saturated rings. The molecule has 0 radical (unpaired) electrons. The zero-order chi connectivity index (χ0) is 10.1. The van der Waals surface area contributed by atoms with Crippen LogP contribution in [0, 0.1) is 0 Å². The Balaban J connectivity index is 0.00000169. The maximum absolute atomic E-state index is 12.3. The van der Waals surface area contributed by atoms with Crippen molar-refractivity contribution in [3.63, 3.8) is 0 Å². The molecule has 1 rings (SSSR count). The molecule has 1 aromatic rings. The molecule has 0 spiro atoms. The highest BCUT2D eigenvalue weighted by Crippen LogP contribution is 2.37. The number of hydrogen-bond acceptors (Lipinski definition) is 1. The Bertz CT molecular complexity index is 316. The van der Waals surface area contributed by atoms with Gasteiger partial charge >= 0.3 is 6.18 Å². The maximum Gasteiger partial charge on any atom is 0.423 e. The summed E-state index contributed by atoms with van der Waals surface area (Å²) in [5, 5.41) is 8.56. The van der Waals surface area contributed by atoms with Gasteiger partial charge in [0.05, 0.1) is 0 Å². The predicted molar refractivity (Wildman–Crippen MR) is 46.1 cm³/mol. The zero-order valence-electron chi connectivity index (χ0n) is 6.77. The van der Waals surface area contributed by atoms with Crippen LogP contribution in [0.5, 0.6) is 0 Å². The molecule has 14 heavy (non-hydrogen) atoms. The number of hydrogen-bond donors (Lipinski definition) is 2. The van der Waals surface area contributed by atoms with Gasteiger partial charge in [-0.25, -0.2) is 5.21 Å². The lowest BCUT2D eigenvalue weighted by molar-refractivity contribution is -0.826. The lowest BCUT2D eigenvalue weighted by atomic mass is 10.2. The Hall–Kier alpha value is -0.630. The maximum atomic E-state index is 12.3. The predicted octanol–water partition coefficient (Wildman–Crippen LogP) is 1.23. The minimum absolute atomic E-state index is 0. The van der Waals surface area contributed by atoms with E-state index in [1.54, 1.807) is 0 Å². The summed E-state index contributed by atoms with van der Waals surface area (Å²) in [6.07, 6.45) is -4.46. The summed E-state index contributed by atoms with van der Waals surface area (Å²) >= 11 is 2.77. The normalized spacial score (nSPS) is 10.9. The largest absolute Gasteiger partial charge is 0.423 e. The summed E-state index contributed by atoms with van der Waals surface area (Å²) in [6.45, 7) is 0. The molecule has 0 bridgehead atoms. The summed E-state index contributed by atoms with van der Waals surface area (Å²) in [7, 11) is 0. The van der Waals surface area contributed by atoms with Crippen LogP contribution in [0.2, 0.25) is 0 Å². The van der Waals surface area contributed by atoms with Gasteiger partial charge in [-0.15, -0.1) is 0 Å². The van der Waals surface area contributed by atoms with Crippen molar-refractivity contribution < 1.29 is 29.3 Å². The van der Waals surface area contributed by atoms with Gasteiger partial charge < -0.3 is 5.48 Å². The quantitative estimate of drug-likeness (QED) is 0.587. The molecule has 0 saturated carbocycles. The summed E-state index contributed by atoms with van der Waals surface area (Å²) in [4.78, 5) is 0. The molecular formula is C7H8BrF3NO2+. The molecule has 0 aromatic heterocycles. The second kappa shape index (κ2) is 4.74. The second-order valence-electron chi connectivity index (χ2n) is 2.33. The van der Waals surface area contributed by atoms with Crippen molar-refractivity contribution in [1.29, 1.82) is 0 Å². The highest BCUT2D eigenvalue weighted by Gasteiger charge is 2.37. The average molecular weight is 275 g/mol. The van der Waals surface area contributed by atoms with Crippen molar-refractivity contribution in [3.05, 3.63) is 28.2 Å². The van der Waals surface area contributed by atoms with Crippen LogP contribution < -0.4 is 5.48 Å². The van der Waals surface area contributed by atoms with Gasteiger partial charge in [-0.1, -0.05) is 6.07 Å². The third-order valence-electron chi connectivity index (χ3n) is 1.47. The lowest BCUT2D eigenvalue weighted by Gasteiger charge is -2.09. The zero-order valence-corrected chi connectivity index (χ0v) is 8.35. The van der Waals surface area contributed by atoms with Crippen LogP contribution in [0.15, 0.2) is 22.7 Å². The molecule has 0 aliphatic rings. The first kappa shape index (κ1) is 13.4. The smallest absolute Gasteiger partial charge is 0.412 e. The topological polar surface area (TPSA) is 68.3 Å². The van der Waals surface area contributed by atoms with Gasteiger partial charge in [-0.05, 0) is 22.0 Å². The number of rotatable bonds is 1. The van der Waals surface area contributed by atoms with E-state index in [-0.39, 0.29) is 15.6 Å². The third-order valence-corrected chi connectivity index (χ3v) is 2.13. The van der Waals surface area contributed by atoms with E-state index in [1.807, 2.05) is 0 Å². The molecule has 0 saturated heterocycles. The molecule has 0 unspecified atom stereocenters. The third kappa shape index (κ3) is 2.68. The molecule has 3 nitrogen and oxygen atoms in total. The van der Waals surface area contributed by atoms with E-state index in [4.69, 9.17) is 5.21 Å². The first-order valence-electron chi connectivity index (χ1n) is 3.30. The monoisotopic (exact) mass is 274 g/mol. The Morgan fingerprint density at radius 2 is 1.86 bits per heavy atom. The minimum atomic E-state index is -4.46. The van der Waals surface area contributed by atoms with Crippen molar-refractivity contribution in [2.45, 2.75) is 6.18 Å². The van der Waals surface area contributed by atoms with Gasteiger partial charge in [0.2, 0.25) is 0 Å². The fourth-order valence-electron chi connectivity index (χ4n) is 0.947. The van der Waals surface area contributed by atoms with Gasteiger partial charge in [-0.3, -0.25) is 0 Å². The Morgan fingerprint density at radius 3 is 2.21 bits per heavy atom. The highest BCUT2D eigenvalue weighted by molar-refractivity contribution is 9.10. The van der Waals surface area contributed by atoms with E-state index in [1.165, 1.54) is 18.2 Å². The molecule has 7 heteroatoms. The molecule has 80 valence electrons. The van der Waals surface area contributed by atoms with Crippen molar-refractivity contribution in [3.8, 4) is 0 Å². The average Bonchev–Trinajstić information content (AvgIpc) is 2.01. The fraction of sp³-hybridized carbons (Fsp3) is 0.143. The van der Waals surface area contributed by atoms with Gasteiger partial charge in [0, 0.05) is 10.5 Å². The first-order chi connectivity index (χ1) is 5.96. The van der Waals surface area contributed by atoms with Crippen molar-refractivity contribution >= 4 is 21.6 Å². The Labute approximate surface area is 85.9 Å². The number of halogens is 4. The van der Waals surface area contributed by atoms with Gasteiger partial charge in [0.25, 0.3) is 0 Å². The van der Waals surface area contributed by atoms with Crippen molar-refractivity contribution in [1.82, 2.24) is 0 Å². The van der Waals surface area contributed by atoms with Crippen LogP contribution >= 0.6 is 15.9 Å². The van der Waals surface area contributed by atoms with E-state index in [2.05, 4.69) is 15.9 Å². The van der Waals surface area contributed by atoms with Crippen LogP contribution in [-0.4, -0.2) is 10.7 Å². The Kier molecular flexibility index (Phi) is 4.53. The molecular weight excluding hydrogens is 267 g/mol. The molecule has 0 aliphatic carbocycles. The van der Waals surface area contributed by atoms with Gasteiger partial charge in [0.15, 0.2) is 5.69 Å². The molecule has 0 atom stereocenters. The van der Waals surface area contributed by atoms with Crippen LogP contribution in [0.4, 0.5) is 18.9 Å². The lowest BCUT2D eigenvalue weighted by Crippen LogP contribution is -2.74. The molecule has 5 N–H and O–H groups in total. The fourth-order valence-corrected chi connectivity index (χ4v) is 1.55. The number of alkyl halides is 3. The summed E-state index contributed by atoms with van der Waals surface area (Å²) in [6, 6.07) is 3.88. The number of nitrogens with two attached hydrogens (primary N) is 1. The molecule has 0 heterocycles.